The normalized spacial score (nSPS) is 17.3. The first-order valence-corrected chi connectivity index (χ1v) is 9.36. The lowest BCUT2D eigenvalue weighted by atomic mass is 10.2. The van der Waals surface area contributed by atoms with Gasteiger partial charge in [0, 0.05) is 6.61 Å². The number of amides is 1. The van der Waals surface area contributed by atoms with Gasteiger partial charge in [-0.05, 0) is 41.5 Å². The molecule has 1 fully saturated rings. The minimum Gasteiger partial charge on any atom is -0.376 e. The molecule has 1 atom stereocenters. The van der Waals surface area contributed by atoms with Crippen LogP contribution in [0.15, 0.2) is 23.4 Å². The van der Waals surface area contributed by atoms with Crippen molar-refractivity contribution in [2.75, 3.05) is 17.7 Å². The highest BCUT2D eigenvalue weighted by atomic mass is 35.5. The number of nitrogens with one attached hydrogen (secondary N) is 1. The molecule has 3 rings (SSSR count). The Morgan fingerprint density at radius 1 is 1.44 bits per heavy atom. The van der Waals surface area contributed by atoms with E-state index in [0.29, 0.717) is 18.3 Å². The number of rotatable bonds is 6. The zero-order chi connectivity index (χ0) is 19.4. The predicted molar refractivity (Wildman–Crippen MR) is 92.6 cm³/mol. The molecule has 1 aliphatic rings. The fraction of sp³-hybridized carbons (Fsp3) is 0.467. The number of anilines is 1. The second-order valence-electron chi connectivity index (χ2n) is 5.81. The van der Waals surface area contributed by atoms with E-state index in [-0.39, 0.29) is 22.6 Å². The monoisotopic (exact) mass is 421 g/mol. The van der Waals surface area contributed by atoms with E-state index < -0.39 is 17.6 Å². The number of carbonyl (C=O) groups excluding carboxylic acids is 1. The van der Waals surface area contributed by atoms with Crippen LogP contribution >= 0.6 is 23.4 Å². The SMILES string of the molecule is O=C(CSc1nnnn1CC1CCCO1)Nc1cc(C(F)(F)F)ccc1Cl. The first kappa shape index (κ1) is 19.9. The third kappa shape index (κ3) is 5.33. The van der Waals surface area contributed by atoms with Crippen LogP contribution in [0.3, 0.4) is 0 Å². The molecule has 0 aliphatic carbocycles. The highest BCUT2D eigenvalue weighted by Gasteiger charge is 2.31. The summed E-state index contributed by atoms with van der Waals surface area (Å²) in [5.74, 6) is -0.605. The number of carbonyl (C=O) groups is 1. The topological polar surface area (TPSA) is 81.9 Å². The smallest absolute Gasteiger partial charge is 0.376 e. The molecule has 27 heavy (non-hydrogen) atoms. The van der Waals surface area contributed by atoms with Crippen molar-refractivity contribution in [3.05, 3.63) is 28.8 Å². The van der Waals surface area contributed by atoms with Crippen molar-refractivity contribution in [2.24, 2.45) is 0 Å². The number of aromatic nitrogens is 4. The highest BCUT2D eigenvalue weighted by molar-refractivity contribution is 7.99. The number of benzene rings is 1. The first-order chi connectivity index (χ1) is 12.8. The fourth-order valence-electron chi connectivity index (χ4n) is 2.51. The molecule has 2 aromatic rings. The van der Waals surface area contributed by atoms with Gasteiger partial charge in [0.2, 0.25) is 11.1 Å². The lowest BCUT2D eigenvalue weighted by Crippen LogP contribution is -2.18. The van der Waals surface area contributed by atoms with Crippen LogP contribution in [0.4, 0.5) is 18.9 Å². The first-order valence-electron chi connectivity index (χ1n) is 8.00. The Kier molecular flexibility index (Phi) is 6.22. The third-order valence-corrected chi connectivity index (χ3v) is 5.09. The molecule has 1 aliphatic heterocycles. The average molecular weight is 422 g/mol. The second kappa shape index (κ2) is 8.44. The second-order valence-corrected chi connectivity index (χ2v) is 7.16. The van der Waals surface area contributed by atoms with Crippen LogP contribution in [0.1, 0.15) is 18.4 Å². The van der Waals surface area contributed by atoms with Gasteiger partial charge in [-0.25, -0.2) is 4.68 Å². The van der Waals surface area contributed by atoms with E-state index in [1.54, 1.807) is 4.68 Å². The van der Waals surface area contributed by atoms with E-state index in [0.717, 1.165) is 42.8 Å². The molecule has 12 heteroatoms. The van der Waals surface area contributed by atoms with E-state index in [9.17, 15) is 18.0 Å². The molecule has 0 saturated carbocycles. The summed E-state index contributed by atoms with van der Waals surface area (Å²) in [6.45, 7) is 1.19. The summed E-state index contributed by atoms with van der Waals surface area (Å²) in [4.78, 5) is 12.1. The standard InChI is InChI=1S/C15H15ClF3N5O2S/c16-11-4-3-9(15(17,18)19)6-12(11)20-13(25)8-27-14-21-22-23-24(14)7-10-2-1-5-26-10/h3-4,6,10H,1-2,5,7-8H2,(H,20,25). The number of hydrogen-bond acceptors (Lipinski definition) is 6. The molecule has 1 aromatic heterocycles. The number of tetrazole rings is 1. The minimum absolute atomic E-state index is 0.0181. The van der Waals surface area contributed by atoms with Gasteiger partial charge in [-0.2, -0.15) is 13.2 Å². The molecular formula is C15H15ClF3N5O2S. The van der Waals surface area contributed by atoms with Gasteiger partial charge in [0.1, 0.15) is 0 Å². The molecule has 146 valence electrons. The van der Waals surface area contributed by atoms with Crippen LogP contribution < -0.4 is 5.32 Å². The van der Waals surface area contributed by atoms with E-state index in [2.05, 4.69) is 20.8 Å². The van der Waals surface area contributed by atoms with Crippen molar-refractivity contribution in [2.45, 2.75) is 36.8 Å². The molecule has 0 radical (unpaired) electrons. The number of hydrogen-bond donors (Lipinski definition) is 1. The van der Waals surface area contributed by atoms with Crippen molar-refractivity contribution < 1.29 is 22.7 Å². The molecule has 1 aromatic carbocycles. The Labute approximate surface area is 161 Å². The molecule has 0 bridgehead atoms. The molecule has 0 spiro atoms. The summed E-state index contributed by atoms with van der Waals surface area (Å²) in [6.07, 6.45) is -2.59. The summed E-state index contributed by atoms with van der Waals surface area (Å²) >= 11 is 6.95. The van der Waals surface area contributed by atoms with Crippen LogP contribution in [0.5, 0.6) is 0 Å². The average Bonchev–Trinajstić information content (AvgIpc) is 3.26. The van der Waals surface area contributed by atoms with Gasteiger partial charge in [0.05, 0.1) is 34.7 Å². The van der Waals surface area contributed by atoms with Gasteiger partial charge in [-0.1, -0.05) is 23.4 Å². The van der Waals surface area contributed by atoms with E-state index in [1.165, 1.54) is 0 Å². The summed E-state index contributed by atoms with van der Waals surface area (Å²) < 4.78 is 45.4. The maximum absolute atomic E-state index is 12.8. The Bertz CT molecular complexity index is 811. The van der Waals surface area contributed by atoms with Crippen molar-refractivity contribution in [3.63, 3.8) is 0 Å². The number of thioether (sulfide) groups is 1. The van der Waals surface area contributed by atoms with Crippen molar-refractivity contribution in [1.29, 1.82) is 0 Å². The van der Waals surface area contributed by atoms with Crippen molar-refractivity contribution >= 4 is 35.0 Å². The summed E-state index contributed by atoms with van der Waals surface area (Å²) in [7, 11) is 0. The molecule has 7 nitrogen and oxygen atoms in total. The van der Waals surface area contributed by atoms with Crippen molar-refractivity contribution in [3.8, 4) is 0 Å². The third-order valence-electron chi connectivity index (χ3n) is 3.80. The summed E-state index contributed by atoms with van der Waals surface area (Å²) in [5.41, 5.74) is -0.994. The fourth-order valence-corrected chi connectivity index (χ4v) is 3.36. The zero-order valence-electron chi connectivity index (χ0n) is 13.9. The maximum atomic E-state index is 12.8. The van der Waals surface area contributed by atoms with Gasteiger partial charge in [0.25, 0.3) is 0 Å². The van der Waals surface area contributed by atoms with Gasteiger partial charge >= 0.3 is 6.18 Å². The van der Waals surface area contributed by atoms with Crippen LogP contribution in [0.2, 0.25) is 5.02 Å². The highest BCUT2D eigenvalue weighted by Crippen LogP contribution is 2.34. The molecule has 1 amide bonds. The number of halogens is 4. The number of alkyl halides is 3. The number of nitrogens with zero attached hydrogens (tertiary/aromatic N) is 4. The van der Waals surface area contributed by atoms with E-state index >= 15 is 0 Å². The Hall–Kier alpha value is -1.85. The Balaban J connectivity index is 1.58. The number of ether oxygens (including phenoxy) is 1. The van der Waals surface area contributed by atoms with Gasteiger partial charge in [-0.15, -0.1) is 5.10 Å². The maximum Gasteiger partial charge on any atom is 0.416 e. The molecule has 1 N–H and O–H groups in total. The molecule has 1 unspecified atom stereocenters. The molecule has 1 saturated heterocycles. The largest absolute Gasteiger partial charge is 0.416 e. The lowest BCUT2D eigenvalue weighted by molar-refractivity contribution is -0.137. The van der Waals surface area contributed by atoms with Crippen molar-refractivity contribution in [1.82, 2.24) is 20.2 Å². The zero-order valence-corrected chi connectivity index (χ0v) is 15.4. The summed E-state index contributed by atoms with van der Waals surface area (Å²) in [6, 6.07) is 2.74. The van der Waals surface area contributed by atoms with Gasteiger partial charge in [-0.3, -0.25) is 4.79 Å². The summed E-state index contributed by atoms with van der Waals surface area (Å²) in [5, 5.41) is 14.1. The molecule has 2 heterocycles. The van der Waals surface area contributed by atoms with Gasteiger partial charge < -0.3 is 10.1 Å². The van der Waals surface area contributed by atoms with Crippen LogP contribution in [0, 0.1) is 0 Å². The quantitative estimate of drug-likeness (QED) is 0.721. The minimum atomic E-state index is -4.52. The Morgan fingerprint density at radius 3 is 2.96 bits per heavy atom. The predicted octanol–water partition coefficient (Wildman–Crippen LogP) is 3.26. The van der Waals surface area contributed by atoms with Gasteiger partial charge in [0.15, 0.2) is 0 Å². The van der Waals surface area contributed by atoms with Crippen LogP contribution in [-0.4, -0.2) is 44.6 Å². The van der Waals surface area contributed by atoms with E-state index in [4.69, 9.17) is 16.3 Å². The lowest BCUT2D eigenvalue weighted by Gasteiger charge is -2.12. The molecular weight excluding hydrogens is 407 g/mol. The van der Waals surface area contributed by atoms with Crippen LogP contribution in [0.25, 0.3) is 0 Å². The van der Waals surface area contributed by atoms with Crippen LogP contribution in [-0.2, 0) is 22.3 Å². The Morgan fingerprint density at radius 2 is 2.26 bits per heavy atom. The van der Waals surface area contributed by atoms with E-state index in [1.807, 2.05) is 0 Å².